The predicted molar refractivity (Wildman–Crippen MR) is 133 cm³/mol. The molecule has 0 bridgehead atoms. The van der Waals surface area contributed by atoms with Crippen LogP contribution in [0.1, 0.15) is 56.1 Å². The largest absolute Gasteiger partial charge is 0.481 e. The van der Waals surface area contributed by atoms with Crippen molar-refractivity contribution in [1.82, 2.24) is 10.2 Å². The van der Waals surface area contributed by atoms with Crippen LogP contribution in [0, 0.1) is 11.8 Å². The molecule has 7 heteroatoms. The van der Waals surface area contributed by atoms with E-state index in [4.69, 9.17) is 9.84 Å². The SMILES string of the molecule is CC(CCNC(=O)OCC1c2ccccc2-c2ccccc21)C(=O)N1CCC(CCC(=O)O)CC1. The minimum Gasteiger partial charge on any atom is -0.481 e. The van der Waals surface area contributed by atoms with E-state index in [0.29, 0.717) is 38.4 Å². The van der Waals surface area contributed by atoms with Gasteiger partial charge in [0, 0.05) is 37.9 Å². The second kappa shape index (κ2) is 11.4. The van der Waals surface area contributed by atoms with Crippen LogP contribution in [0.4, 0.5) is 4.79 Å². The molecule has 0 saturated carbocycles. The Hall–Kier alpha value is -3.35. The zero-order valence-corrected chi connectivity index (χ0v) is 20.2. The lowest BCUT2D eigenvalue weighted by Gasteiger charge is -2.33. The van der Waals surface area contributed by atoms with Crippen LogP contribution in [-0.4, -0.2) is 54.2 Å². The van der Waals surface area contributed by atoms with Crippen molar-refractivity contribution in [3.8, 4) is 11.1 Å². The van der Waals surface area contributed by atoms with Gasteiger partial charge in [-0.05, 0) is 53.9 Å². The van der Waals surface area contributed by atoms with Crippen molar-refractivity contribution in [1.29, 1.82) is 0 Å². The molecular formula is C28H34N2O5. The van der Waals surface area contributed by atoms with Crippen molar-refractivity contribution >= 4 is 18.0 Å². The van der Waals surface area contributed by atoms with Crippen molar-refractivity contribution in [3.63, 3.8) is 0 Å². The van der Waals surface area contributed by atoms with E-state index in [0.717, 1.165) is 12.8 Å². The van der Waals surface area contributed by atoms with Crippen LogP contribution in [0.5, 0.6) is 0 Å². The number of piperidine rings is 1. The van der Waals surface area contributed by atoms with E-state index in [1.165, 1.54) is 22.3 Å². The third-order valence-corrected chi connectivity index (χ3v) is 7.30. The molecule has 2 amide bonds. The predicted octanol–water partition coefficient (Wildman–Crippen LogP) is 4.65. The van der Waals surface area contributed by atoms with Gasteiger partial charge < -0.3 is 20.1 Å². The summed E-state index contributed by atoms with van der Waals surface area (Å²) in [6.45, 7) is 3.88. The highest BCUT2D eigenvalue weighted by atomic mass is 16.5. The van der Waals surface area contributed by atoms with E-state index >= 15 is 0 Å². The highest BCUT2D eigenvalue weighted by Gasteiger charge is 2.29. The van der Waals surface area contributed by atoms with Crippen LogP contribution in [0.25, 0.3) is 11.1 Å². The Morgan fingerprint density at radius 1 is 1.03 bits per heavy atom. The molecule has 2 N–H and O–H groups in total. The molecule has 1 atom stereocenters. The molecule has 1 unspecified atom stereocenters. The van der Waals surface area contributed by atoms with Gasteiger partial charge in [-0.1, -0.05) is 55.5 Å². The molecule has 1 saturated heterocycles. The first kappa shape index (κ1) is 24.8. The number of aliphatic carboxylic acids is 1. The molecule has 7 nitrogen and oxygen atoms in total. The Morgan fingerprint density at radius 3 is 2.23 bits per heavy atom. The zero-order chi connectivity index (χ0) is 24.8. The minimum absolute atomic E-state index is 0.0204. The highest BCUT2D eigenvalue weighted by Crippen LogP contribution is 2.44. The molecule has 2 aromatic carbocycles. The number of fused-ring (bicyclic) bond motifs is 3. The Kier molecular flexibility index (Phi) is 8.06. The van der Waals surface area contributed by atoms with Crippen molar-refractivity contribution in [2.45, 2.75) is 44.9 Å². The number of alkyl carbamates (subject to hydrolysis) is 1. The number of carboxylic acids is 1. The maximum absolute atomic E-state index is 12.8. The van der Waals surface area contributed by atoms with Crippen LogP contribution in [0.3, 0.4) is 0 Å². The molecule has 186 valence electrons. The summed E-state index contributed by atoms with van der Waals surface area (Å²) < 4.78 is 5.56. The number of benzene rings is 2. The van der Waals surface area contributed by atoms with Crippen LogP contribution < -0.4 is 5.32 Å². The summed E-state index contributed by atoms with van der Waals surface area (Å²) in [5, 5.41) is 11.6. The van der Waals surface area contributed by atoms with E-state index in [1.54, 1.807) is 0 Å². The second-order valence-corrected chi connectivity index (χ2v) is 9.64. The molecule has 2 aromatic rings. The number of hydrogen-bond acceptors (Lipinski definition) is 4. The molecule has 0 spiro atoms. The van der Waals surface area contributed by atoms with Crippen LogP contribution in [0.15, 0.2) is 48.5 Å². The van der Waals surface area contributed by atoms with Gasteiger partial charge in [-0.3, -0.25) is 9.59 Å². The summed E-state index contributed by atoms with van der Waals surface area (Å²) >= 11 is 0. The number of nitrogens with zero attached hydrogens (tertiary/aromatic N) is 1. The maximum atomic E-state index is 12.8. The lowest BCUT2D eigenvalue weighted by atomic mass is 9.91. The summed E-state index contributed by atoms with van der Waals surface area (Å²) in [4.78, 5) is 37.7. The van der Waals surface area contributed by atoms with E-state index in [9.17, 15) is 14.4 Å². The lowest BCUT2D eigenvalue weighted by molar-refractivity contribution is -0.139. The number of ether oxygens (including phenoxy) is 1. The van der Waals surface area contributed by atoms with E-state index in [-0.39, 0.29) is 30.8 Å². The molecule has 0 radical (unpaired) electrons. The summed E-state index contributed by atoms with van der Waals surface area (Å²) in [5.74, 6) is -0.468. The topological polar surface area (TPSA) is 95.9 Å². The average Bonchev–Trinajstić information content (AvgIpc) is 3.19. The molecule has 1 aliphatic heterocycles. The fourth-order valence-electron chi connectivity index (χ4n) is 5.24. The lowest BCUT2D eigenvalue weighted by Crippen LogP contribution is -2.42. The second-order valence-electron chi connectivity index (χ2n) is 9.64. The highest BCUT2D eigenvalue weighted by molar-refractivity contribution is 5.79. The smallest absolute Gasteiger partial charge is 0.407 e. The molecule has 4 rings (SSSR count). The molecule has 35 heavy (non-hydrogen) atoms. The first-order valence-corrected chi connectivity index (χ1v) is 12.5. The Labute approximate surface area is 206 Å². The molecule has 2 aliphatic rings. The Balaban J connectivity index is 1.18. The van der Waals surface area contributed by atoms with Gasteiger partial charge in [0.2, 0.25) is 5.91 Å². The van der Waals surface area contributed by atoms with E-state index in [1.807, 2.05) is 36.1 Å². The Bertz CT molecular complexity index is 1020. The summed E-state index contributed by atoms with van der Waals surface area (Å²) in [5.41, 5.74) is 4.73. The third-order valence-electron chi connectivity index (χ3n) is 7.30. The Morgan fingerprint density at radius 2 is 1.63 bits per heavy atom. The molecule has 1 heterocycles. The summed E-state index contributed by atoms with van der Waals surface area (Å²) in [6.07, 6.45) is 2.65. The van der Waals surface area contributed by atoms with Crippen molar-refractivity contribution in [3.05, 3.63) is 59.7 Å². The number of nitrogens with one attached hydrogen (secondary N) is 1. The number of carbonyl (C=O) groups is 3. The monoisotopic (exact) mass is 478 g/mol. The zero-order valence-electron chi connectivity index (χ0n) is 20.2. The van der Waals surface area contributed by atoms with E-state index < -0.39 is 12.1 Å². The number of rotatable bonds is 9. The summed E-state index contributed by atoms with van der Waals surface area (Å²) in [7, 11) is 0. The number of likely N-dealkylation sites (tertiary alicyclic amines) is 1. The van der Waals surface area contributed by atoms with Crippen molar-refractivity contribution in [2.75, 3.05) is 26.2 Å². The third kappa shape index (κ3) is 6.02. The van der Waals surface area contributed by atoms with Crippen LogP contribution in [0.2, 0.25) is 0 Å². The average molecular weight is 479 g/mol. The van der Waals surface area contributed by atoms with Gasteiger partial charge in [0.1, 0.15) is 6.61 Å². The van der Waals surface area contributed by atoms with Crippen molar-refractivity contribution in [2.24, 2.45) is 11.8 Å². The van der Waals surface area contributed by atoms with Gasteiger partial charge in [-0.2, -0.15) is 0 Å². The molecule has 1 aliphatic carbocycles. The molecular weight excluding hydrogens is 444 g/mol. The maximum Gasteiger partial charge on any atom is 0.407 e. The quantitative estimate of drug-likeness (QED) is 0.547. The van der Waals surface area contributed by atoms with Crippen LogP contribution >= 0.6 is 0 Å². The van der Waals surface area contributed by atoms with Gasteiger partial charge in [0.15, 0.2) is 0 Å². The first-order chi connectivity index (χ1) is 16.9. The van der Waals surface area contributed by atoms with Gasteiger partial charge in [0.05, 0.1) is 0 Å². The fourth-order valence-corrected chi connectivity index (χ4v) is 5.24. The number of hydrogen-bond donors (Lipinski definition) is 2. The number of amides is 2. The fraction of sp³-hybridized carbons (Fsp3) is 0.464. The number of carbonyl (C=O) groups excluding carboxylic acids is 2. The summed E-state index contributed by atoms with van der Waals surface area (Å²) in [6, 6.07) is 16.4. The van der Waals surface area contributed by atoms with Gasteiger partial charge >= 0.3 is 12.1 Å². The van der Waals surface area contributed by atoms with Crippen LogP contribution in [-0.2, 0) is 14.3 Å². The first-order valence-electron chi connectivity index (χ1n) is 12.5. The van der Waals surface area contributed by atoms with E-state index in [2.05, 4.69) is 29.6 Å². The van der Waals surface area contributed by atoms with Crippen molar-refractivity contribution < 1.29 is 24.2 Å². The normalized spacial score (nSPS) is 16.3. The minimum atomic E-state index is -0.763. The standard InChI is InChI=1S/C28H34N2O5/c1-19(27(33)30-16-13-20(14-17-30)10-11-26(31)32)12-15-29-28(34)35-18-25-23-8-4-2-6-21(23)22-7-3-5-9-24(22)25/h2-9,19-20,25H,10-18H2,1H3,(H,29,34)(H,31,32). The van der Waals surface area contributed by atoms with Gasteiger partial charge in [-0.25, -0.2) is 4.79 Å². The molecule has 1 fully saturated rings. The number of carboxylic acid groups (broad SMARTS) is 1. The van der Waals surface area contributed by atoms with Gasteiger partial charge in [-0.15, -0.1) is 0 Å². The molecule has 0 aromatic heterocycles. The van der Waals surface area contributed by atoms with Gasteiger partial charge in [0.25, 0.3) is 0 Å².